The highest BCUT2D eigenvalue weighted by molar-refractivity contribution is 5.70. The minimum absolute atomic E-state index is 0.0336. The van der Waals surface area contributed by atoms with Crippen LogP contribution in [0.15, 0.2) is 72.0 Å². The second kappa shape index (κ2) is 6.81. The molecule has 1 aromatic rings. The van der Waals surface area contributed by atoms with E-state index in [0.717, 1.165) is 0 Å². The van der Waals surface area contributed by atoms with Gasteiger partial charge in [0.2, 0.25) is 0 Å². The molecule has 114 valence electrons. The number of nitrogens with zero attached hydrogens (tertiary/aromatic N) is 3. The van der Waals surface area contributed by atoms with E-state index in [0.29, 0.717) is 0 Å². The van der Waals surface area contributed by atoms with E-state index in [1.165, 1.54) is 23.0 Å². The van der Waals surface area contributed by atoms with Gasteiger partial charge in [0.15, 0.2) is 0 Å². The van der Waals surface area contributed by atoms with Gasteiger partial charge in [-0.3, -0.25) is 0 Å². The lowest BCUT2D eigenvalue weighted by Gasteiger charge is -2.23. The molecule has 3 heteroatoms. The Morgan fingerprint density at radius 3 is 2.35 bits per heavy atom. The lowest BCUT2D eigenvalue weighted by Crippen LogP contribution is -2.22. The van der Waals surface area contributed by atoms with Crippen LogP contribution in [0, 0.1) is 22.7 Å². The highest BCUT2D eigenvalue weighted by atomic mass is 15.2. The van der Waals surface area contributed by atoms with E-state index in [1.807, 2.05) is 24.3 Å². The number of rotatable bonds is 3. The lowest BCUT2D eigenvalue weighted by atomic mass is 9.84. The Hall–Kier alpha value is -3.04. The molecule has 23 heavy (non-hydrogen) atoms. The van der Waals surface area contributed by atoms with Crippen molar-refractivity contribution in [1.82, 2.24) is 0 Å². The zero-order valence-electron chi connectivity index (χ0n) is 13.6. The van der Waals surface area contributed by atoms with Crippen LogP contribution in [0.4, 0.5) is 5.69 Å². The predicted octanol–water partition coefficient (Wildman–Crippen LogP) is 4.38. The van der Waals surface area contributed by atoms with Gasteiger partial charge >= 0.3 is 0 Å². The highest BCUT2D eigenvalue weighted by Crippen LogP contribution is 2.46. The zero-order chi connectivity index (χ0) is 16.9. The first-order chi connectivity index (χ1) is 11.0. The normalized spacial score (nSPS) is 17.3. The van der Waals surface area contributed by atoms with Gasteiger partial charge in [-0.05, 0) is 23.8 Å². The third-order valence-corrected chi connectivity index (χ3v) is 4.03. The molecule has 0 saturated carbocycles. The second-order valence-electron chi connectivity index (χ2n) is 5.83. The van der Waals surface area contributed by atoms with Gasteiger partial charge in [0.1, 0.15) is 17.7 Å². The molecule has 1 aromatic carbocycles. The molecule has 0 unspecified atom stereocenters. The van der Waals surface area contributed by atoms with Crippen molar-refractivity contribution in [2.75, 3.05) is 11.9 Å². The summed E-state index contributed by atoms with van der Waals surface area (Å²) in [6.45, 7) is 4.44. The maximum atomic E-state index is 8.64. The Balaban J connectivity index is 2.18. The molecule has 0 aromatic heterocycles. The van der Waals surface area contributed by atoms with Crippen LogP contribution in [-0.2, 0) is 5.41 Å². The number of para-hydroxylation sites is 1. The standard InChI is InChI=1S/C20H19N3/c1-20(2)17-11-8-9-12-18(17)23(3)19(20)13-7-5-4-6-10-16(14-21)15-22/h4-13H,1-3H3/b6-4+,7-5+,19-13-. The first kappa shape index (κ1) is 16.3. The van der Waals surface area contributed by atoms with Crippen molar-refractivity contribution >= 4 is 5.69 Å². The molecule has 2 rings (SSSR count). The number of anilines is 1. The van der Waals surface area contributed by atoms with Crippen molar-refractivity contribution in [3.05, 3.63) is 77.6 Å². The Bertz CT molecular complexity index is 777. The molecule has 1 aliphatic heterocycles. The number of fused-ring (bicyclic) bond motifs is 1. The summed E-state index contributed by atoms with van der Waals surface area (Å²) < 4.78 is 0. The quantitative estimate of drug-likeness (QED) is 0.615. The summed E-state index contributed by atoms with van der Waals surface area (Å²) in [5.74, 6) is 0. The SMILES string of the molecule is CN1\C(=C/C=C/C=C/C=C(C#N)C#N)C(C)(C)c2ccccc21. The van der Waals surface area contributed by atoms with Gasteiger partial charge in [-0.2, -0.15) is 10.5 Å². The minimum Gasteiger partial charge on any atom is -0.347 e. The van der Waals surface area contributed by atoms with Crippen LogP contribution in [0.2, 0.25) is 0 Å². The lowest BCUT2D eigenvalue weighted by molar-refractivity contribution is 0.640. The molecule has 1 aliphatic rings. The summed E-state index contributed by atoms with van der Waals surface area (Å²) in [5, 5.41) is 17.3. The third-order valence-electron chi connectivity index (χ3n) is 4.03. The van der Waals surface area contributed by atoms with Gasteiger partial charge in [-0.1, -0.05) is 56.4 Å². The van der Waals surface area contributed by atoms with E-state index >= 15 is 0 Å². The summed E-state index contributed by atoms with van der Waals surface area (Å²) in [7, 11) is 2.08. The van der Waals surface area contributed by atoms with Crippen molar-refractivity contribution in [2.45, 2.75) is 19.3 Å². The molecular formula is C20H19N3. The van der Waals surface area contributed by atoms with Crippen LogP contribution < -0.4 is 4.90 Å². The number of benzene rings is 1. The minimum atomic E-state index is -0.0336. The fraction of sp³-hybridized carbons (Fsp3) is 0.200. The summed E-state index contributed by atoms with van der Waals surface area (Å²) in [6, 6.07) is 12.1. The summed E-state index contributed by atoms with van der Waals surface area (Å²) in [5.41, 5.74) is 3.86. The van der Waals surface area contributed by atoms with Crippen LogP contribution in [0.25, 0.3) is 0 Å². The van der Waals surface area contributed by atoms with Crippen molar-refractivity contribution in [3.8, 4) is 12.1 Å². The Morgan fingerprint density at radius 2 is 1.70 bits per heavy atom. The van der Waals surface area contributed by atoms with Gasteiger partial charge < -0.3 is 4.90 Å². The molecule has 3 nitrogen and oxygen atoms in total. The predicted molar refractivity (Wildman–Crippen MR) is 93.5 cm³/mol. The molecule has 0 radical (unpaired) electrons. The van der Waals surface area contributed by atoms with E-state index in [2.05, 4.69) is 56.1 Å². The first-order valence-electron chi connectivity index (χ1n) is 7.41. The second-order valence-corrected chi connectivity index (χ2v) is 5.83. The molecule has 0 bridgehead atoms. The zero-order valence-corrected chi connectivity index (χ0v) is 13.6. The molecule has 0 atom stereocenters. The topological polar surface area (TPSA) is 50.8 Å². The summed E-state index contributed by atoms with van der Waals surface area (Å²) in [4.78, 5) is 2.22. The monoisotopic (exact) mass is 301 g/mol. The Morgan fingerprint density at radius 1 is 1.04 bits per heavy atom. The summed E-state index contributed by atoms with van der Waals surface area (Å²) in [6.07, 6.45) is 11.0. The third kappa shape index (κ3) is 3.25. The fourth-order valence-corrected chi connectivity index (χ4v) is 2.83. The average molecular weight is 301 g/mol. The van der Waals surface area contributed by atoms with Gasteiger partial charge in [0, 0.05) is 23.8 Å². The molecule has 0 aliphatic carbocycles. The number of nitriles is 2. The Kier molecular flexibility index (Phi) is 4.84. The van der Waals surface area contributed by atoms with Crippen molar-refractivity contribution < 1.29 is 0 Å². The number of allylic oxidation sites excluding steroid dienone is 8. The van der Waals surface area contributed by atoms with Crippen LogP contribution in [0.3, 0.4) is 0 Å². The van der Waals surface area contributed by atoms with E-state index in [1.54, 1.807) is 12.2 Å². The number of likely N-dealkylation sites (N-methyl/N-ethyl adjacent to an activating group) is 1. The van der Waals surface area contributed by atoms with Gasteiger partial charge in [0.25, 0.3) is 0 Å². The van der Waals surface area contributed by atoms with Crippen molar-refractivity contribution in [2.24, 2.45) is 0 Å². The van der Waals surface area contributed by atoms with Gasteiger partial charge in [-0.25, -0.2) is 0 Å². The van der Waals surface area contributed by atoms with Crippen LogP contribution >= 0.6 is 0 Å². The van der Waals surface area contributed by atoms with Crippen LogP contribution in [0.1, 0.15) is 19.4 Å². The molecule has 0 fully saturated rings. The van der Waals surface area contributed by atoms with Crippen molar-refractivity contribution in [3.63, 3.8) is 0 Å². The van der Waals surface area contributed by atoms with E-state index < -0.39 is 0 Å². The van der Waals surface area contributed by atoms with Crippen LogP contribution in [0.5, 0.6) is 0 Å². The molecule has 0 spiro atoms. The van der Waals surface area contributed by atoms with E-state index in [9.17, 15) is 0 Å². The largest absolute Gasteiger partial charge is 0.347 e. The average Bonchev–Trinajstić information content (AvgIpc) is 2.75. The maximum absolute atomic E-state index is 8.64. The molecule has 1 heterocycles. The molecule has 0 N–H and O–H groups in total. The maximum Gasteiger partial charge on any atom is 0.129 e. The molecule has 0 amide bonds. The smallest absolute Gasteiger partial charge is 0.129 e. The molecular weight excluding hydrogens is 282 g/mol. The van der Waals surface area contributed by atoms with Gasteiger partial charge in [0.05, 0.1) is 0 Å². The highest BCUT2D eigenvalue weighted by Gasteiger charge is 2.37. The first-order valence-corrected chi connectivity index (χ1v) is 7.41. The van der Waals surface area contributed by atoms with E-state index in [-0.39, 0.29) is 11.0 Å². The molecule has 0 saturated heterocycles. The van der Waals surface area contributed by atoms with Gasteiger partial charge in [-0.15, -0.1) is 0 Å². The number of hydrogen-bond acceptors (Lipinski definition) is 3. The Labute approximate surface area is 137 Å². The summed E-state index contributed by atoms with van der Waals surface area (Å²) >= 11 is 0. The van der Waals surface area contributed by atoms with Crippen LogP contribution in [-0.4, -0.2) is 7.05 Å². The van der Waals surface area contributed by atoms with Crippen molar-refractivity contribution in [1.29, 1.82) is 10.5 Å². The fourth-order valence-electron chi connectivity index (χ4n) is 2.83. The van der Waals surface area contributed by atoms with E-state index in [4.69, 9.17) is 10.5 Å². The number of hydrogen-bond donors (Lipinski definition) is 0.